The SMILES string of the molecule is C1=CC(C2=CC=C3c4cccc5c4N(c4cccc6c4B5c4ccc(-c5ccccc5)c5c7c(n-6c45)C=CCC7)C3C2)=CCC1. The number of benzene rings is 4. The lowest BCUT2D eigenvalue weighted by Gasteiger charge is -2.41. The van der Waals surface area contributed by atoms with Crippen LogP contribution in [0, 0.1) is 0 Å². The molecule has 0 spiro atoms. The van der Waals surface area contributed by atoms with Crippen molar-refractivity contribution in [1.82, 2.24) is 4.57 Å². The number of aromatic nitrogens is 1. The Hall–Kier alpha value is -5.02. The highest BCUT2D eigenvalue weighted by Crippen LogP contribution is 2.51. The van der Waals surface area contributed by atoms with E-state index in [1.165, 1.54) is 89.0 Å². The minimum Gasteiger partial charge on any atom is -0.334 e. The van der Waals surface area contributed by atoms with Gasteiger partial charge in [0.1, 0.15) is 0 Å². The molecule has 3 aliphatic carbocycles. The number of aryl methyl sites for hydroxylation is 1. The van der Waals surface area contributed by atoms with Crippen molar-refractivity contribution in [2.45, 2.75) is 38.1 Å². The quantitative estimate of drug-likeness (QED) is 0.191. The zero-order valence-electron chi connectivity index (χ0n) is 25.1. The third-order valence-corrected chi connectivity index (χ3v) is 11.2. The van der Waals surface area contributed by atoms with E-state index in [-0.39, 0.29) is 6.71 Å². The molecular weight excluding hydrogens is 543 g/mol. The third kappa shape index (κ3) is 3.06. The van der Waals surface area contributed by atoms with Crippen molar-refractivity contribution in [2.24, 2.45) is 0 Å². The summed E-state index contributed by atoms with van der Waals surface area (Å²) in [6, 6.07) is 30.4. The highest BCUT2D eigenvalue weighted by atomic mass is 15.2. The van der Waals surface area contributed by atoms with Crippen molar-refractivity contribution >= 4 is 57.0 Å². The minimum absolute atomic E-state index is 0.208. The molecule has 5 aromatic rings. The number of rotatable bonds is 2. The summed E-state index contributed by atoms with van der Waals surface area (Å²) in [5, 5.41) is 1.45. The molecule has 3 aliphatic heterocycles. The van der Waals surface area contributed by atoms with Gasteiger partial charge in [-0.15, -0.1) is 0 Å². The van der Waals surface area contributed by atoms with Gasteiger partial charge in [0.05, 0.1) is 6.04 Å². The summed E-state index contributed by atoms with van der Waals surface area (Å²) >= 11 is 0. The maximum Gasteiger partial charge on any atom is 0.252 e. The Balaban J connectivity index is 1.20. The van der Waals surface area contributed by atoms with Crippen LogP contribution in [-0.4, -0.2) is 17.3 Å². The first-order chi connectivity index (χ1) is 22.4. The lowest BCUT2D eigenvalue weighted by molar-refractivity contribution is 0.802. The second-order valence-corrected chi connectivity index (χ2v) is 13.4. The molecule has 0 saturated heterocycles. The first-order valence-corrected chi connectivity index (χ1v) is 16.6. The van der Waals surface area contributed by atoms with Crippen LogP contribution in [0.4, 0.5) is 11.4 Å². The van der Waals surface area contributed by atoms with Crippen LogP contribution in [-0.2, 0) is 6.42 Å². The summed E-state index contributed by atoms with van der Waals surface area (Å²) in [6.45, 7) is 0.208. The second-order valence-electron chi connectivity index (χ2n) is 13.4. The fraction of sp³-hybridized carbons (Fsp3) is 0.143. The second kappa shape index (κ2) is 8.79. The topological polar surface area (TPSA) is 8.17 Å². The van der Waals surface area contributed by atoms with E-state index >= 15 is 0 Å². The fourth-order valence-electron chi connectivity index (χ4n) is 9.44. The molecule has 1 aromatic heterocycles. The van der Waals surface area contributed by atoms with Gasteiger partial charge in [-0.1, -0.05) is 103 Å². The lowest BCUT2D eigenvalue weighted by Crippen LogP contribution is -2.61. The first kappa shape index (κ1) is 24.3. The van der Waals surface area contributed by atoms with E-state index in [1.807, 2.05) is 0 Å². The van der Waals surface area contributed by atoms with Gasteiger partial charge in [0.2, 0.25) is 0 Å². The Morgan fingerprint density at radius 3 is 2.51 bits per heavy atom. The number of para-hydroxylation sites is 1. The van der Waals surface area contributed by atoms with Crippen LogP contribution < -0.4 is 21.3 Å². The van der Waals surface area contributed by atoms with E-state index in [0.29, 0.717) is 6.04 Å². The highest BCUT2D eigenvalue weighted by molar-refractivity contribution is 7.00. The van der Waals surface area contributed by atoms with Gasteiger partial charge >= 0.3 is 0 Å². The number of anilines is 2. The van der Waals surface area contributed by atoms with Crippen molar-refractivity contribution < 1.29 is 0 Å². The van der Waals surface area contributed by atoms with Gasteiger partial charge in [-0.3, -0.25) is 0 Å². The third-order valence-electron chi connectivity index (χ3n) is 11.2. The van der Waals surface area contributed by atoms with Gasteiger partial charge in [0.25, 0.3) is 6.71 Å². The van der Waals surface area contributed by atoms with Gasteiger partial charge in [0.15, 0.2) is 0 Å². The summed E-state index contributed by atoms with van der Waals surface area (Å²) in [4.78, 5) is 2.72. The minimum atomic E-state index is 0.208. The molecule has 212 valence electrons. The first-order valence-electron chi connectivity index (χ1n) is 16.6. The molecule has 0 bridgehead atoms. The smallest absolute Gasteiger partial charge is 0.252 e. The van der Waals surface area contributed by atoms with Crippen LogP contribution in [0.2, 0.25) is 0 Å². The summed E-state index contributed by atoms with van der Waals surface area (Å²) in [5.41, 5.74) is 21.2. The summed E-state index contributed by atoms with van der Waals surface area (Å²) in [6.07, 6.45) is 22.2. The average molecular weight is 575 g/mol. The van der Waals surface area contributed by atoms with Gasteiger partial charge in [-0.05, 0) is 100 Å². The molecule has 3 heteroatoms. The Morgan fingerprint density at radius 1 is 0.711 bits per heavy atom. The molecule has 0 N–H and O–H groups in total. The normalized spacial score (nSPS) is 19.5. The molecule has 4 heterocycles. The molecule has 0 radical (unpaired) electrons. The monoisotopic (exact) mass is 574 g/mol. The van der Waals surface area contributed by atoms with Crippen molar-refractivity contribution in [3.63, 3.8) is 0 Å². The number of fused-ring (bicyclic) bond motifs is 10. The molecular formula is C42H31BN2. The molecule has 1 atom stereocenters. The molecule has 6 aliphatic rings. The molecule has 0 fully saturated rings. The maximum atomic E-state index is 2.72. The lowest BCUT2D eigenvalue weighted by atomic mass is 9.33. The van der Waals surface area contributed by atoms with E-state index < -0.39 is 0 Å². The van der Waals surface area contributed by atoms with E-state index in [9.17, 15) is 0 Å². The molecule has 45 heavy (non-hydrogen) atoms. The number of allylic oxidation sites excluding steroid dienone is 7. The van der Waals surface area contributed by atoms with Crippen molar-refractivity contribution in [3.8, 4) is 16.8 Å². The number of nitrogens with zero attached hydrogens (tertiary/aromatic N) is 2. The predicted octanol–water partition coefficient (Wildman–Crippen LogP) is 7.91. The Morgan fingerprint density at radius 2 is 1.60 bits per heavy atom. The Bertz CT molecular complexity index is 2310. The molecule has 4 aromatic carbocycles. The van der Waals surface area contributed by atoms with Crippen molar-refractivity contribution in [2.75, 3.05) is 4.90 Å². The molecule has 0 saturated carbocycles. The van der Waals surface area contributed by atoms with Crippen LogP contribution in [0.5, 0.6) is 0 Å². The van der Waals surface area contributed by atoms with Gasteiger partial charge in [0, 0.05) is 39.2 Å². The van der Waals surface area contributed by atoms with Crippen LogP contribution in [0.1, 0.15) is 42.5 Å². The average Bonchev–Trinajstić information content (AvgIpc) is 3.64. The van der Waals surface area contributed by atoms with Gasteiger partial charge in [-0.25, -0.2) is 0 Å². The summed E-state index contributed by atoms with van der Waals surface area (Å²) in [5.74, 6) is 0. The molecule has 11 rings (SSSR count). The largest absolute Gasteiger partial charge is 0.334 e. The van der Waals surface area contributed by atoms with E-state index in [2.05, 4.69) is 131 Å². The zero-order chi connectivity index (χ0) is 29.2. The highest BCUT2D eigenvalue weighted by Gasteiger charge is 2.48. The molecule has 1 unspecified atom stereocenters. The van der Waals surface area contributed by atoms with Crippen molar-refractivity contribution in [3.05, 3.63) is 143 Å². The molecule has 2 nitrogen and oxygen atoms in total. The van der Waals surface area contributed by atoms with Crippen LogP contribution >= 0.6 is 0 Å². The van der Waals surface area contributed by atoms with Gasteiger partial charge < -0.3 is 9.47 Å². The standard InChI is InChI=1S/C42H31BN2/c1-3-11-26(12-4-1)28-21-22-30-31-16-9-17-33-41(31)45(38(30)25-28)37-20-10-19-36-40(37)43(33)34-24-23-29(27-13-5-2-6-14-27)39-32-15-7-8-18-35(32)44(36)42(34)39/h2-3,5-6,8-14,16-24,38H,1,4,7,15,25H2. The Kier molecular flexibility index (Phi) is 4.75. The predicted molar refractivity (Wildman–Crippen MR) is 190 cm³/mol. The number of hydrogen-bond acceptors (Lipinski definition) is 1. The van der Waals surface area contributed by atoms with Crippen molar-refractivity contribution in [1.29, 1.82) is 0 Å². The Labute approximate surface area is 264 Å². The molecule has 0 amide bonds. The van der Waals surface area contributed by atoms with E-state index in [0.717, 1.165) is 32.1 Å². The van der Waals surface area contributed by atoms with E-state index in [4.69, 9.17) is 0 Å². The zero-order valence-corrected chi connectivity index (χ0v) is 25.1. The fourth-order valence-corrected chi connectivity index (χ4v) is 9.44. The summed E-state index contributed by atoms with van der Waals surface area (Å²) in [7, 11) is 0. The summed E-state index contributed by atoms with van der Waals surface area (Å²) < 4.78 is 2.63. The van der Waals surface area contributed by atoms with Crippen LogP contribution in [0.25, 0.3) is 39.4 Å². The van der Waals surface area contributed by atoms with Crippen LogP contribution in [0.3, 0.4) is 0 Å². The maximum absolute atomic E-state index is 2.72. The van der Waals surface area contributed by atoms with Gasteiger partial charge in [-0.2, -0.15) is 0 Å². The van der Waals surface area contributed by atoms with Crippen LogP contribution in [0.15, 0.2) is 126 Å². The number of hydrogen-bond donors (Lipinski definition) is 0. The van der Waals surface area contributed by atoms with E-state index in [1.54, 1.807) is 0 Å².